The highest BCUT2D eigenvalue weighted by molar-refractivity contribution is 5.84. The second-order valence-corrected chi connectivity index (χ2v) is 6.16. The molecule has 0 aromatic heterocycles. The molecule has 0 unspecified atom stereocenters. The van der Waals surface area contributed by atoms with Gasteiger partial charge in [-0.2, -0.15) is 0 Å². The normalized spacial score (nSPS) is 10.6. The van der Waals surface area contributed by atoms with Crippen molar-refractivity contribution in [2.24, 2.45) is 4.99 Å². The number of nitro groups is 1. The summed E-state index contributed by atoms with van der Waals surface area (Å²) >= 11 is 0. The number of hydrogen-bond acceptors (Lipinski definition) is 7. The molecule has 0 N–H and O–H groups in total. The SMILES string of the molecule is COc1cc(C=Nc2cc([N+](=O)[O-])ccc2C)ccc1OC(=O)Oc1ccccc1. The highest BCUT2D eigenvalue weighted by Crippen LogP contribution is 2.29. The Morgan fingerprint density at radius 2 is 1.77 bits per heavy atom. The van der Waals surface area contributed by atoms with E-state index in [4.69, 9.17) is 14.2 Å². The average molecular weight is 406 g/mol. The van der Waals surface area contributed by atoms with Gasteiger partial charge < -0.3 is 14.2 Å². The summed E-state index contributed by atoms with van der Waals surface area (Å²) in [5.41, 5.74) is 1.90. The lowest BCUT2D eigenvalue weighted by Gasteiger charge is -2.10. The standard InChI is InChI=1S/C22H18N2O6/c1-15-8-10-17(24(26)27)13-19(15)23-14-16-9-11-20(21(12-16)28-2)30-22(25)29-18-6-4-3-5-7-18/h3-14H,1-2H3. The van der Waals surface area contributed by atoms with Crippen molar-refractivity contribution in [1.29, 1.82) is 0 Å². The summed E-state index contributed by atoms with van der Waals surface area (Å²) in [7, 11) is 1.44. The lowest BCUT2D eigenvalue weighted by Crippen LogP contribution is -2.14. The minimum Gasteiger partial charge on any atom is -0.493 e. The van der Waals surface area contributed by atoms with Crippen LogP contribution in [-0.2, 0) is 0 Å². The van der Waals surface area contributed by atoms with Gasteiger partial charge in [0.15, 0.2) is 11.5 Å². The highest BCUT2D eigenvalue weighted by atomic mass is 16.7. The monoisotopic (exact) mass is 406 g/mol. The topological polar surface area (TPSA) is 100 Å². The molecule has 3 rings (SSSR count). The maximum Gasteiger partial charge on any atom is 0.519 e. The Morgan fingerprint density at radius 1 is 1.00 bits per heavy atom. The molecule has 0 aliphatic carbocycles. The van der Waals surface area contributed by atoms with Crippen molar-refractivity contribution in [3.8, 4) is 17.2 Å². The molecule has 0 fully saturated rings. The van der Waals surface area contributed by atoms with Crippen LogP contribution in [-0.4, -0.2) is 24.4 Å². The molecule has 152 valence electrons. The van der Waals surface area contributed by atoms with Crippen molar-refractivity contribution in [2.75, 3.05) is 7.11 Å². The molecule has 30 heavy (non-hydrogen) atoms. The van der Waals surface area contributed by atoms with E-state index in [0.717, 1.165) is 5.56 Å². The third-order valence-corrected chi connectivity index (χ3v) is 4.08. The summed E-state index contributed by atoms with van der Waals surface area (Å²) in [6, 6.07) is 17.9. The number of hydrogen-bond donors (Lipinski definition) is 0. The fraction of sp³-hybridized carbons (Fsp3) is 0.0909. The first-order valence-corrected chi connectivity index (χ1v) is 8.88. The largest absolute Gasteiger partial charge is 0.519 e. The number of ether oxygens (including phenoxy) is 3. The van der Waals surface area contributed by atoms with Gasteiger partial charge in [-0.1, -0.05) is 24.3 Å². The van der Waals surface area contributed by atoms with E-state index in [-0.39, 0.29) is 11.4 Å². The Balaban J connectivity index is 1.75. The average Bonchev–Trinajstić information content (AvgIpc) is 2.74. The number of rotatable bonds is 6. The second kappa shape index (κ2) is 9.33. The first-order chi connectivity index (χ1) is 14.5. The number of nitro benzene ring substituents is 1. The number of nitrogens with zero attached hydrogens (tertiary/aromatic N) is 2. The zero-order valence-corrected chi connectivity index (χ0v) is 16.3. The summed E-state index contributed by atoms with van der Waals surface area (Å²) in [6.45, 7) is 1.81. The van der Waals surface area contributed by atoms with Crippen LogP contribution < -0.4 is 14.2 Å². The molecule has 0 saturated heterocycles. The molecule has 8 nitrogen and oxygen atoms in total. The number of aliphatic imine (C=N–C) groups is 1. The maximum atomic E-state index is 12.0. The molecule has 0 atom stereocenters. The van der Waals surface area contributed by atoms with Gasteiger partial charge in [0, 0.05) is 18.3 Å². The Kier molecular flexibility index (Phi) is 6.39. The smallest absolute Gasteiger partial charge is 0.493 e. The van der Waals surface area contributed by atoms with Crippen LogP contribution in [0.3, 0.4) is 0 Å². The van der Waals surface area contributed by atoms with Crippen LogP contribution >= 0.6 is 0 Å². The quantitative estimate of drug-likeness (QED) is 0.182. The van der Waals surface area contributed by atoms with Crippen LogP contribution in [0.15, 0.2) is 71.7 Å². The third-order valence-electron chi connectivity index (χ3n) is 4.08. The Labute approximate surface area is 172 Å². The van der Waals surface area contributed by atoms with E-state index in [0.29, 0.717) is 22.7 Å². The fourth-order valence-electron chi connectivity index (χ4n) is 2.54. The van der Waals surface area contributed by atoms with E-state index in [1.165, 1.54) is 19.2 Å². The molecule has 0 spiro atoms. The molecule has 0 amide bonds. The lowest BCUT2D eigenvalue weighted by atomic mass is 10.2. The van der Waals surface area contributed by atoms with Gasteiger partial charge in [-0.25, -0.2) is 4.79 Å². The van der Waals surface area contributed by atoms with E-state index in [1.54, 1.807) is 60.8 Å². The minimum atomic E-state index is -0.895. The van der Waals surface area contributed by atoms with Crippen molar-refractivity contribution in [3.05, 3.63) is 88.0 Å². The van der Waals surface area contributed by atoms with Crippen molar-refractivity contribution < 1.29 is 23.9 Å². The van der Waals surface area contributed by atoms with Gasteiger partial charge in [0.1, 0.15) is 5.75 Å². The van der Waals surface area contributed by atoms with Crippen LogP contribution in [0, 0.1) is 17.0 Å². The summed E-state index contributed by atoms with van der Waals surface area (Å²) in [6.07, 6.45) is 0.647. The van der Waals surface area contributed by atoms with Crippen molar-refractivity contribution in [3.63, 3.8) is 0 Å². The first kappa shape index (κ1) is 20.5. The van der Waals surface area contributed by atoms with Crippen LogP contribution in [0.1, 0.15) is 11.1 Å². The summed E-state index contributed by atoms with van der Waals surface area (Å²) in [5, 5.41) is 10.9. The molecular weight excluding hydrogens is 388 g/mol. The molecule has 3 aromatic carbocycles. The van der Waals surface area contributed by atoms with Crippen LogP contribution in [0.5, 0.6) is 17.2 Å². The molecule has 0 aliphatic heterocycles. The van der Waals surface area contributed by atoms with Gasteiger partial charge in [0.2, 0.25) is 0 Å². The number of carbonyl (C=O) groups is 1. The molecule has 0 saturated carbocycles. The third kappa shape index (κ3) is 5.20. The highest BCUT2D eigenvalue weighted by Gasteiger charge is 2.13. The van der Waals surface area contributed by atoms with Crippen LogP contribution in [0.4, 0.5) is 16.2 Å². The predicted octanol–water partition coefficient (Wildman–Crippen LogP) is 5.24. The summed E-state index contributed by atoms with van der Waals surface area (Å²) in [4.78, 5) is 26.8. The second-order valence-electron chi connectivity index (χ2n) is 6.16. The Bertz CT molecular complexity index is 1100. The molecule has 0 radical (unpaired) electrons. The van der Waals surface area contributed by atoms with E-state index >= 15 is 0 Å². The van der Waals surface area contributed by atoms with Crippen molar-refractivity contribution >= 4 is 23.7 Å². The van der Waals surface area contributed by atoms with Gasteiger partial charge in [-0.3, -0.25) is 15.1 Å². The number of carbonyl (C=O) groups excluding carboxylic acids is 1. The van der Waals surface area contributed by atoms with Crippen LogP contribution in [0.2, 0.25) is 0 Å². The number of para-hydroxylation sites is 1. The fourth-order valence-corrected chi connectivity index (χ4v) is 2.54. The molecule has 8 heteroatoms. The van der Waals surface area contributed by atoms with Gasteiger partial charge in [-0.15, -0.1) is 0 Å². The summed E-state index contributed by atoms with van der Waals surface area (Å²) in [5.74, 6) is 0.847. The zero-order chi connectivity index (χ0) is 21.5. The van der Waals surface area contributed by atoms with E-state index in [1.807, 2.05) is 6.92 Å². The number of methoxy groups -OCH3 is 1. The molecule has 0 bridgehead atoms. The van der Waals surface area contributed by atoms with Gasteiger partial charge in [0.05, 0.1) is 17.7 Å². The minimum absolute atomic E-state index is 0.0361. The van der Waals surface area contributed by atoms with Crippen LogP contribution in [0.25, 0.3) is 0 Å². The van der Waals surface area contributed by atoms with E-state index in [2.05, 4.69) is 4.99 Å². The maximum absolute atomic E-state index is 12.0. The van der Waals surface area contributed by atoms with E-state index < -0.39 is 11.1 Å². The van der Waals surface area contributed by atoms with Gasteiger partial charge >= 0.3 is 6.16 Å². The van der Waals surface area contributed by atoms with Crippen molar-refractivity contribution in [1.82, 2.24) is 0 Å². The predicted molar refractivity (Wildman–Crippen MR) is 111 cm³/mol. The summed E-state index contributed by atoms with van der Waals surface area (Å²) < 4.78 is 15.6. The Morgan fingerprint density at radius 3 is 2.47 bits per heavy atom. The van der Waals surface area contributed by atoms with Gasteiger partial charge in [-0.05, 0) is 48.4 Å². The molecule has 0 aliphatic rings. The molecule has 3 aromatic rings. The zero-order valence-electron chi connectivity index (χ0n) is 16.3. The first-order valence-electron chi connectivity index (χ1n) is 8.88. The number of benzene rings is 3. The van der Waals surface area contributed by atoms with Gasteiger partial charge in [0.25, 0.3) is 5.69 Å². The lowest BCUT2D eigenvalue weighted by molar-refractivity contribution is -0.384. The number of aryl methyl sites for hydroxylation is 1. The molecular formula is C22H18N2O6. The Hall–Kier alpha value is -4.20. The van der Waals surface area contributed by atoms with Crippen molar-refractivity contribution in [2.45, 2.75) is 6.92 Å². The van der Waals surface area contributed by atoms with E-state index in [9.17, 15) is 14.9 Å². The molecule has 0 heterocycles. The number of non-ortho nitro benzene ring substituents is 1.